The summed E-state index contributed by atoms with van der Waals surface area (Å²) in [5.41, 5.74) is 5.62. The zero-order valence-electron chi connectivity index (χ0n) is 10.5. The fourth-order valence-corrected chi connectivity index (χ4v) is 1.50. The van der Waals surface area contributed by atoms with Crippen LogP contribution < -0.4 is 5.73 Å². The Morgan fingerprint density at radius 1 is 1.47 bits per heavy atom. The molecule has 0 aliphatic carbocycles. The molecule has 1 aromatic carbocycles. The molecule has 7 heteroatoms. The van der Waals surface area contributed by atoms with E-state index in [1.54, 1.807) is 0 Å². The Labute approximate surface area is 115 Å². The van der Waals surface area contributed by atoms with Gasteiger partial charge in [0.2, 0.25) is 0 Å². The molecule has 0 unspecified atom stereocenters. The Hall–Kier alpha value is -1.27. The number of aryl methyl sites for hydroxylation is 1. The number of carbonyl (C=O) groups is 1. The van der Waals surface area contributed by atoms with E-state index in [2.05, 4.69) is 4.74 Å². The van der Waals surface area contributed by atoms with Crippen molar-refractivity contribution in [3.8, 4) is 0 Å². The number of alkyl halides is 2. The summed E-state index contributed by atoms with van der Waals surface area (Å²) in [4.78, 5) is 11.1. The van der Waals surface area contributed by atoms with Gasteiger partial charge >= 0.3 is 11.9 Å². The van der Waals surface area contributed by atoms with Gasteiger partial charge in [-0.25, -0.2) is 9.18 Å². The fraction of sp³-hybridized carbons (Fsp3) is 0.417. The van der Waals surface area contributed by atoms with Crippen molar-refractivity contribution in [2.24, 2.45) is 5.73 Å². The van der Waals surface area contributed by atoms with Crippen LogP contribution in [0.15, 0.2) is 18.2 Å². The third kappa shape index (κ3) is 3.84. The smallest absolute Gasteiger partial charge is 0.379 e. The quantitative estimate of drug-likeness (QED) is 0.870. The summed E-state index contributed by atoms with van der Waals surface area (Å²) in [6.07, 6.45) is 0. The van der Waals surface area contributed by atoms with Crippen molar-refractivity contribution in [1.29, 1.82) is 0 Å². The number of carbonyl (C=O) groups excluding carboxylic acids is 1. The zero-order chi connectivity index (χ0) is 13.9. The van der Waals surface area contributed by atoms with Gasteiger partial charge in [-0.05, 0) is 37.1 Å². The van der Waals surface area contributed by atoms with E-state index in [0.717, 1.165) is 12.1 Å². The average Bonchev–Trinajstić information content (AvgIpc) is 2.31. The van der Waals surface area contributed by atoms with E-state index < -0.39 is 23.8 Å². The van der Waals surface area contributed by atoms with Gasteiger partial charge in [-0.2, -0.15) is 8.78 Å². The molecular formula is C12H15ClF3NO2. The number of halogens is 4. The van der Waals surface area contributed by atoms with Crippen LogP contribution in [0.25, 0.3) is 0 Å². The molecule has 0 fully saturated rings. The summed E-state index contributed by atoms with van der Waals surface area (Å²) in [5, 5.41) is 0. The van der Waals surface area contributed by atoms with Crippen LogP contribution in [0, 0.1) is 12.7 Å². The van der Waals surface area contributed by atoms with Crippen LogP contribution in [0.1, 0.15) is 24.1 Å². The zero-order valence-corrected chi connectivity index (χ0v) is 11.3. The summed E-state index contributed by atoms with van der Waals surface area (Å²) in [6.45, 7) is 2.74. The third-order valence-corrected chi connectivity index (χ3v) is 2.51. The Balaban J connectivity index is 0.00000324. The van der Waals surface area contributed by atoms with Gasteiger partial charge < -0.3 is 10.5 Å². The van der Waals surface area contributed by atoms with Crippen molar-refractivity contribution in [2.75, 3.05) is 6.61 Å². The highest BCUT2D eigenvalue weighted by Gasteiger charge is 2.48. The number of rotatable bonds is 4. The highest BCUT2D eigenvalue weighted by atomic mass is 35.5. The molecule has 2 N–H and O–H groups in total. The molecular weight excluding hydrogens is 283 g/mol. The molecule has 0 radical (unpaired) electrons. The maximum atomic E-state index is 13.7. The lowest BCUT2D eigenvalue weighted by Gasteiger charge is -2.23. The topological polar surface area (TPSA) is 52.3 Å². The van der Waals surface area contributed by atoms with Gasteiger partial charge in [-0.3, -0.25) is 0 Å². The highest BCUT2D eigenvalue weighted by molar-refractivity contribution is 5.85. The Morgan fingerprint density at radius 2 is 2.05 bits per heavy atom. The van der Waals surface area contributed by atoms with Gasteiger partial charge in [0.05, 0.1) is 6.61 Å². The second kappa shape index (κ2) is 6.77. The first kappa shape index (κ1) is 17.7. The van der Waals surface area contributed by atoms with Crippen LogP contribution in [0.5, 0.6) is 0 Å². The number of esters is 1. The maximum Gasteiger partial charge on any atom is 0.379 e. The van der Waals surface area contributed by atoms with Crippen LogP contribution in [0.4, 0.5) is 13.2 Å². The van der Waals surface area contributed by atoms with Gasteiger partial charge in [-0.15, -0.1) is 12.4 Å². The molecule has 0 heterocycles. The number of nitrogens with two attached hydrogens (primary N) is 1. The van der Waals surface area contributed by atoms with Crippen molar-refractivity contribution < 1.29 is 22.7 Å². The molecule has 0 amide bonds. The van der Waals surface area contributed by atoms with Crippen molar-refractivity contribution >= 4 is 18.4 Å². The maximum absolute atomic E-state index is 13.7. The summed E-state index contributed by atoms with van der Waals surface area (Å²) in [6, 6.07) is 1.42. The van der Waals surface area contributed by atoms with E-state index in [0.29, 0.717) is 5.56 Å². The number of hydrogen-bond acceptors (Lipinski definition) is 3. The predicted octanol–water partition coefficient (Wildman–Crippen LogP) is 2.75. The second-order valence-corrected chi connectivity index (χ2v) is 3.82. The summed E-state index contributed by atoms with van der Waals surface area (Å²) in [7, 11) is 0. The Bertz CT molecular complexity index is 455. The molecule has 108 valence electrons. The molecule has 0 aliphatic heterocycles. The molecule has 0 saturated carbocycles. The van der Waals surface area contributed by atoms with E-state index in [9.17, 15) is 18.0 Å². The molecule has 0 aromatic heterocycles. The lowest BCUT2D eigenvalue weighted by Crippen LogP contribution is -2.42. The lowest BCUT2D eigenvalue weighted by atomic mass is 9.97. The van der Waals surface area contributed by atoms with Gasteiger partial charge in [0.1, 0.15) is 11.9 Å². The Morgan fingerprint density at radius 3 is 2.58 bits per heavy atom. The minimum Gasteiger partial charge on any atom is -0.462 e. The molecule has 0 saturated heterocycles. The largest absolute Gasteiger partial charge is 0.462 e. The summed E-state index contributed by atoms with van der Waals surface area (Å²) in [5.74, 6) is -6.29. The number of benzene rings is 1. The first-order valence-corrected chi connectivity index (χ1v) is 5.37. The van der Waals surface area contributed by atoms with Crippen molar-refractivity contribution in [3.05, 3.63) is 35.1 Å². The van der Waals surface area contributed by atoms with Gasteiger partial charge in [-0.1, -0.05) is 6.07 Å². The van der Waals surface area contributed by atoms with Crippen molar-refractivity contribution in [3.63, 3.8) is 0 Å². The van der Waals surface area contributed by atoms with E-state index in [1.165, 1.54) is 19.9 Å². The summed E-state index contributed by atoms with van der Waals surface area (Å²) < 4.78 is 44.6. The standard InChI is InChI=1S/C12H14F3NO2.ClH/c1-3-18-11(17)12(14,15)10(16)9-6-8(13)5-4-7(9)2;/h4-6,10H,3,16H2,1-2H3;1H/t10-;/m0./s1. The first-order chi connectivity index (χ1) is 8.30. The minimum atomic E-state index is -3.89. The number of hydrogen-bond donors (Lipinski definition) is 1. The van der Waals surface area contributed by atoms with E-state index in [4.69, 9.17) is 5.73 Å². The van der Waals surface area contributed by atoms with Crippen LogP contribution in [-0.4, -0.2) is 18.5 Å². The van der Waals surface area contributed by atoms with E-state index in [-0.39, 0.29) is 24.6 Å². The average molecular weight is 298 g/mol. The van der Waals surface area contributed by atoms with Gasteiger partial charge in [0.25, 0.3) is 0 Å². The molecule has 1 aromatic rings. The molecule has 0 bridgehead atoms. The van der Waals surface area contributed by atoms with E-state index in [1.807, 2.05) is 0 Å². The van der Waals surface area contributed by atoms with Crippen molar-refractivity contribution in [1.82, 2.24) is 0 Å². The van der Waals surface area contributed by atoms with Crippen LogP contribution in [-0.2, 0) is 9.53 Å². The van der Waals surface area contributed by atoms with E-state index >= 15 is 0 Å². The molecule has 1 rings (SSSR count). The number of ether oxygens (including phenoxy) is 1. The normalized spacial score (nSPS) is 12.5. The first-order valence-electron chi connectivity index (χ1n) is 5.37. The van der Waals surface area contributed by atoms with Gasteiger partial charge in [0.15, 0.2) is 0 Å². The molecule has 19 heavy (non-hydrogen) atoms. The van der Waals surface area contributed by atoms with Crippen LogP contribution in [0.2, 0.25) is 0 Å². The lowest BCUT2D eigenvalue weighted by molar-refractivity contribution is -0.174. The SMILES string of the molecule is CCOC(=O)C(F)(F)[C@@H](N)c1cc(F)ccc1C.Cl. The summed E-state index contributed by atoms with van der Waals surface area (Å²) >= 11 is 0. The third-order valence-electron chi connectivity index (χ3n) is 2.51. The fourth-order valence-electron chi connectivity index (χ4n) is 1.50. The molecule has 3 nitrogen and oxygen atoms in total. The molecule has 0 spiro atoms. The molecule has 1 atom stereocenters. The highest BCUT2D eigenvalue weighted by Crippen LogP contribution is 2.32. The minimum absolute atomic E-state index is 0. The molecule has 0 aliphatic rings. The van der Waals surface area contributed by atoms with Crippen molar-refractivity contribution in [2.45, 2.75) is 25.8 Å². The second-order valence-electron chi connectivity index (χ2n) is 3.82. The van der Waals surface area contributed by atoms with Crippen LogP contribution in [0.3, 0.4) is 0 Å². The predicted molar refractivity (Wildman–Crippen MR) is 66.9 cm³/mol. The Kier molecular flexibility index (Phi) is 6.32. The van der Waals surface area contributed by atoms with Gasteiger partial charge in [0, 0.05) is 0 Å². The monoisotopic (exact) mass is 297 g/mol. The van der Waals surface area contributed by atoms with Crippen LogP contribution >= 0.6 is 12.4 Å².